The van der Waals surface area contributed by atoms with Crippen molar-refractivity contribution in [3.63, 3.8) is 0 Å². The first-order valence-corrected chi connectivity index (χ1v) is 7.95. The summed E-state index contributed by atoms with van der Waals surface area (Å²) in [6.07, 6.45) is 5.72. The topological polar surface area (TPSA) is 18.5 Å². The quantitative estimate of drug-likeness (QED) is 0.772. The third-order valence-corrected chi connectivity index (χ3v) is 4.84. The Morgan fingerprint density at radius 2 is 1.67 bits per heavy atom. The van der Waals surface area contributed by atoms with Gasteiger partial charge in [-0.05, 0) is 31.6 Å². The molecule has 1 saturated heterocycles. The fourth-order valence-electron chi connectivity index (χ4n) is 3.24. The molecule has 0 spiro atoms. The highest BCUT2D eigenvalue weighted by Gasteiger charge is 2.33. The van der Waals surface area contributed by atoms with Gasteiger partial charge in [0.25, 0.3) is 0 Å². The maximum Gasteiger partial charge on any atom is 0.0244 e. The molecule has 2 saturated carbocycles. The Morgan fingerprint density at radius 3 is 2.17 bits per heavy atom. The summed E-state index contributed by atoms with van der Waals surface area (Å²) in [6.45, 7) is 11.1. The minimum absolute atomic E-state index is 0.743. The number of hydrogen-bond acceptors (Lipinski definition) is 3. The van der Waals surface area contributed by atoms with Crippen LogP contribution in [0.25, 0.3) is 0 Å². The number of hydrogen-bond donors (Lipinski definition) is 1. The minimum Gasteiger partial charge on any atom is -0.312 e. The van der Waals surface area contributed by atoms with Gasteiger partial charge < -0.3 is 5.32 Å². The van der Waals surface area contributed by atoms with Gasteiger partial charge in [-0.25, -0.2) is 0 Å². The van der Waals surface area contributed by atoms with Crippen molar-refractivity contribution >= 4 is 0 Å². The van der Waals surface area contributed by atoms with E-state index in [0.29, 0.717) is 0 Å². The van der Waals surface area contributed by atoms with Gasteiger partial charge in [-0.1, -0.05) is 13.8 Å². The maximum atomic E-state index is 3.73. The third-order valence-electron chi connectivity index (χ3n) is 4.84. The highest BCUT2D eigenvalue weighted by atomic mass is 15.3. The van der Waals surface area contributed by atoms with Gasteiger partial charge in [0, 0.05) is 50.8 Å². The largest absolute Gasteiger partial charge is 0.312 e. The van der Waals surface area contributed by atoms with Crippen LogP contribution in [0.2, 0.25) is 0 Å². The lowest BCUT2D eigenvalue weighted by molar-refractivity contribution is 0.0719. The SMILES string of the molecule is CC(C)C(CNC1CC1)N1CCN(C2CC2)CC1. The van der Waals surface area contributed by atoms with Gasteiger partial charge in [-0.2, -0.15) is 0 Å². The molecular weight excluding hydrogens is 222 g/mol. The molecule has 1 heterocycles. The van der Waals surface area contributed by atoms with Crippen LogP contribution >= 0.6 is 0 Å². The summed E-state index contributed by atoms with van der Waals surface area (Å²) < 4.78 is 0. The van der Waals surface area contributed by atoms with Crippen LogP contribution in [0.5, 0.6) is 0 Å². The highest BCUT2D eigenvalue weighted by Crippen LogP contribution is 2.28. The lowest BCUT2D eigenvalue weighted by Gasteiger charge is -2.41. The van der Waals surface area contributed by atoms with Crippen LogP contribution < -0.4 is 5.32 Å². The second-order valence-electron chi connectivity index (χ2n) is 6.80. The van der Waals surface area contributed by atoms with E-state index in [0.717, 1.165) is 24.0 Å². The van der Waals surface area contributed by atoms with Gasteiger partial charge in [0.05, 0.1) is 0 Å². The lowest BCUT2D eigenvalue weighted by Crippen LogP contribution is -2.55. The zero-order valence-electron chi connectivity index (χ0n) is 12.1. The zero-order chi connectivity index (χ0) is 12.5. The summed E-state index contributed by atoms with van der Waals surface area (Å²) in [5, 5.41) is 3.73. The molecule has 3 fully saturated rings. The Bertz CT molecular complexity index is 263. The first kappa shape index (κ1) is 12.9. The Morgan fingerprint density at radius 1 is 1.00 bits per heavy atom. The first-order chi connectivity index (χ1) is 8.74. The van der Waals surface area contributed by atoms with Crippen LogP contribution in [0.1, 0.15) is 39.5 Å². The van der Waals surface area contributed by atoms with E-state index in [9.17, 15) is 0 Å². The fraction of sp³-hybridized carbons (Fsp3) is 1.00. The molecule has 3 rings (SSSR count). The molecular formula is C15H29N3. The van der Waals surface area contributed by atoms with Crippen LogP contribution in [0.3, 0.4) is 0 Å². The van der Waals surface area contributed by atoms with Crippen molar-refractivity contribution in [1.29, 1.82) is 0 Å². The molecule has 2 aliphatic carbocycles. The van der Waals surface area contributed by atoms with Crippen molar-refractivity contribution in [2.24, 2.45) is 5.92 Å². The summed E-state index contributed by atoms with van der Waals surface area (Å²) in [7, 11) is 0. The van der Waals surface area contributed by atoms with Crippen molar-refractivity contribution in [1.82, 2.24) is 15.1 Å². The number of piperazine rings is 1. The molecule has 0 amide bonds. The van der Waals surface area contributed by atoms with Crippen molar-refractivity contribution in [2.75, 3.05) is 32.7 Å². The van der Waals surface area contributed by atoms with E-state index in [1.165, 1.54) is 58.4 Å². The molecule has 3 nitrogen and oxygen atoms in total. The molecule has 3 heteroatoms. The molecule has 104 valence electrons. The second-order valence-corrected chi connectivity index (χ2v) is 6.80. The Balaban J connectivity index is 1.47. The maximum absolute atomic E-state index is 3.73. The Labute approximate surface area is 112 Å². The minimum atomic E-state index is 0.743. The van der Waals surface area contributed by atoms with Crippen LogP contribution in [0.4, 0.5) is 0 Å². The molecule has 1 N–H and O–H groups in total. The van der Waals surface area contributed by atoms with Crippen molar-refractivity contribution in [3.05, 3.63) is 0 Å². The molecule has 18 heavy (non-hydrogen) atoms. The normalized spacial score (nSPS) is 28.8. The van der Waals surface area contributed by atoms with E-state index in [-0.39, 0.29) is 0 Å². The second kappa shape index (κ2) is 5.48. The van der Waals surface area contributed by atoms with Crippen LogP contribution in [-0.4, -0.2) is 60.6 Å². The van der Waals surface area contributed by atoms with Crippen LogP contribution in [-0.2, 0) is 0 Å². The summed E-state index contributed by atoms with van der Waals surface area (Å²) >= 11 is 0. The average molecular weight is 251 g/mol. The third kappa shape index (κ3) is 3.25. The first-order valence-electron chi connectivity index (χ1n) is 7.95. The molecule has 3 aliphatic rings. The summed E-state index contributed by atoms with van der Waals surface area (Å²) in [4.78, 5) is 5.45. The van der Waals surface area contributed by atoms with Gasteiger partial charge in [-0.15, -0.1) is 0 Å². The zero-order valence-corrected chi connectivity index (χ0v) is 12.1. The predicted octanol–water partition coefficient (Wildman–Crippen LogP) is 1.54. The van der Waals surface area contributed by atoms with E-state index >= 15 is 0 Å². The Kier molecular flexibility index (Phi) is 3.92. The van der Waals surface area contributed by atoms with Crippen molar-refractivity contribution in [2.45, 2.75) is 57.7 Å². The smallest absolute Gasteiger partial charge is 0.0244 e. The number of nitrogens with zero attached hydrogens (tertiary/aromatic N) is 2. The molecule has 1 atom stereocenters. The standard InChI is InChI=1S/C15H29N3/c1-12(2)15(11-16-13-3-4-13)18-9-7-17(8-10-18)14-5-6-14/h12-16H,3-11H2,1-2H3. The van der Waals surface area contributed by atoms with Crippen LogP contribution in [0.15, 0.2) is 0 Å². The predicted molar refractivity (Wildman–Crippen MR) is 75.8 cm³/mol. The lowest BCUT2D eigenvalue weighted by atomic mass is 10.0. The summed E-state index contributed by atoms with van der Waals surface area (Å²) in [6, 6.07) is 2.54. The van der Waals surface area contributed by atoms with E-state index in [1.54, 1.807) is 0 Å². The number of rotatable bonds is 6. The van der Waals surface area contributed by atoms with Gasteiger partial charge in [-0.3, -0.25) is 9.80 Å². The van der Waals surface area contributed by atoms with Crippen molar-refractivity contribution in [3.8, 4) is 0 Å². The van der Waals surface area contributed by atoms with Crippen molar-refractivity contribution < 1.29 is 0 Å². The van der Waals surface area contributed by atoms with E-state index < -0.39 is 0 Å². The molecule has 0 aromatic heterocycles. The average Bonchev–Trinajstić information content (AvgIpc) is 3.24. The van der Waals surface area contributed by atoms with Gasteiger partial charge in [0.1, 0.15) is 0 Å². The van der Waals surface area contributed by atoms with E-state index in [2.05, 4.69) is 29.0 Å². The fourth-order valence-corrected chi connectivity index (χ4v) is 3.24. The van der Waals surface area contributed by atoms with Crippen LogP contribution in [0, 0.1) is 5.92 Å². The van der Waals surface area contributed by atoms with E-state index in [1.807, 2.05) is 0 Å². The van der Waals surface area contributed by atoms with Gasteiger partial charge in [0.2, 0.25) is 0 Å². The molecule has 0 aromatic rings. The molecule has 0 bridgehead atoms. The molecule has 1 unspecified atom stereocenters. The monoisotopic (exact) mass is 251 g/mol. The number of nitrogens with one attached hydrogen (secondary N) is 1. The van der Waals surface area contributed by atoms with E-state index in [4.69, 9.17) is 0 Å². The summed E-state index contributed by atoms with van der Waals surface area (Å²) in [5.74, 6) is 0.767. The molecule has 0 radical (unpaired) electrons. The summed E-state index contributed by atoms with van der Waals surface area (Å²) in [5.41, 5.74) is 0. The highest BCUT2D eigenvalue weighted by molar-refractivity contribution is 4.91. The Hall–Kier alpha value is -0.120. The molecule has 0 aromatic carbocycles. The van der Waals surface area contributed by atoms with Gasteiger partial charge >= 0.3 is 0 Å². The molecule has 1 aliphatic heterocycles. The van der Waals surface area contributed by atoms with Gasteiger partial charge in [0.15, 0.2) is 0 Å².